The Bertz CT molecular complexity index is 535. The van der Waals surface area contributed by atoms with Crippen LogP contribution in [0.5, 0.6) is 17.2 Å². The first-order valence-corrected chi connectivity index (χ1v) is 6.15. The van der Waals surface area contributed by atoms with E-state index in [1.807, 2.05) is 0 Å². The van der Waals surface area contributed by atoms with Crippen molar-refractivity contribution in [3.8, 4) is 17.2 Å². The molecule has 0 aliphatic heterocycles. The van der Waals surface area contributed by atoms with E-state index in [9.17, 15) is 8.78 Å². The molecule has 0 amide bonds. The zero-order valence-corrected chi connectivity index (χ0v) is 10.7. The Labute approximate surface area is 115 Å². The standard InChI is InChI=1S/C15H14F2O3/c16-11-8-12(17)10-15(9-11)20-14-4-2-13(3-5-14)19-7-1-6-18/h2-5,8-10,18H,1,6-7H2. The largest absolute Gasteiger partial charge is 0.494 e. The zero-order valence-electron chi connectivity index (χ0n) is 10.7. The Morgan fingerprint density at radius 1 is 0.850 bits per heavy atom. The summed E-state index contributed by atoms with van der Waals surface area (Å²) in [5.41, 5.74) is 0. The monoisotopic (exact) mass is 280 g/mol. The van der Waals surface area contributed by atoms with E-state index >= 15 is 0 Å². The maximum Gasteiger partial charge on any atom is 0.133 e. The lowest BCUT2D eigenvalue weighted by atomic mass is 10.3. The Hall–Kier alpha value is -2.14. The second-order valence-electron chi connectivity index (χ2n) is 4.10. The highest BCUT2D eigenvalue weighted by atomic mass is 19.1. The van der Waals surface area contributed by atoms with Crippen LogP contribution in [0.1, 0.15) is 6.42 Å². The molecule has 0 atom stereocenters. The second-order valence-corrected chi connectivity index (χ2v) is 4.10. The van der Waals surface area contributed by atoms with Crippen molar-refractivity contribution in [2.24, 2.45) is 0 Å². The van der Waals surface area contributed by atoms with Crippen molar-refractivity contribution in [2.75, 3.05) is 13.2 Å². The first-order valence-electron chi connectivity index (χ1n) is 6.15. The third-order valence-electron chi connectivity index (χ3n) is 2.47. The van der Waals surface area contributed by atoms with Crippen molar-refractivity contribution in [2.45, 2.75) is 6.42 Å². The lowest BCUT2D eigenvalue weighted by Gasteiger charge is -2.08. The van der Waals surface area contributed by atoms with E-state index in [0.29, 0.717) is 24.5 Å². The molecule has 0 aromatic heterocycles. The van der Waals surface area contributed by atoms with Gasteiger partial charge in [-0.15, -0.1) is 0 Å². The van der Waals surface area contributed by atoms with E-state index in [2.05, 4.69) is 0 Å². The zero-order chi connectivity index (χ0) is 14.4. The highest BCUT2D eigenvalue weighted by Crippen LogP contribution is 2.25. The predicted molar refractivity (Wildman–Crippen MR) is 70.1 cm³/mol. The summed E-state index contributed by atoms with van der Waals surface area (Å²) in [5, 5.41) is 8.64. The fourth-order valence-corrected chi connectivity index (χ4v) is 1.58. The summed E-state index contributed by atoms with van der Waals surface area (Å²) in [6.07, 6.45) is 0.556. The molecule has 106 valence electrons. The number of benzene rings is 2. The van der Waals surface area contributed by atoms with Crippen molar-refractivity contribution < 1.29 is 23.4 Å². The summed E-state index contributed by atoms with van der Waals surface area (Å²) in [5.74, 6) is -0.204. The summed E-state index contributed by atoms with van der Waals surface area (Å²) < 4.78 is 36.7. The van der Waals surface area contributed by atoms with Crippen LogP contribution in [0, 0.1) is 11.6 Å². The molecule has 0 radical (unpaired) electrons. The molecule has 3 nitrogen and oxygen atoms in total. The fourth-order valence-electron chi connectivity index (χ4n) is 1.58. The Morgan fingerprint density at radius 3 is 2.05 bits per heavy atom. The Balaban J connectivity index is 1.99. The molecule has 20 heavy (non-hydrogen) atoms. The number of ether oxygens (including phenoxy) is 2. The highest BCUT2D eigenvalue weighted by molar-refractivity contribution is 5.35. The summed E-state index contributed by atoms with van der Waals surface area (Å²) >= 11 is 0. The van der Waals surface area contributed by atoms with Gasteiger partial charge in [-0.3, -0.25) is 0 Å². The molecule has 2 aromatic rings. The smallest absolute Gasteiger partial charge is 0.133 e. The molecular weight excluding hydrogens is 266 g/mol. The number of hydrogen-bond acceptors (Lipinski definition) is 3. The minimum absolute atomic E-state index is 0.0757. The van der Waals surface area contributed by atoms with Crippen LogP contribution < -0.4 is 9.47 Å². The molecular formula is C15H14F2O3. The van der Waals surface area contributed by atoms with Crippen molar-refractivity contribution in [1.29, 1.82) is 0 Å². The fraction of sp³-hybridized carbons (Fsp3) is 0.200. The average molecular weight is 280 g/mol. The number of rotatable bonds is 6. The van der Waals surface area contributed by atoms with E-state index in [-0.39, 0.29) is 12.4 Å². The van der Waals surface area contributed by atoms with Gasteiger partial charge in [0.05, 0.1) is 6.61 Å². The van der Waals surface area contributed by atoms with Crippen LogP contribution >= 0.6 is 0 Å². The molecule has 0 unspecified atom stereocenters. The van der Waals surface area contributed by atoms with E-state index in [0.717, 1.165) is 18.2 Å². The van der Waals surface area contributed by atoms with E-state index in [1.54, 1.807) is 24.3 Å². The van der Waals surface area contributed by atoms with Crippen LogP contribution in [-0.2, 0) is 0 Å². The molecule has 5 heteroatoms. The third-order valence-corrected chi connectivity index (χ3v) is 2.47. The van der Waals surface area contributed by atoms with E-state index in [4.69, 9.17) is 14.6 Å². The summed E-state index contributed by atoms with van der Waals surface area (Å²) in [7, 11) is 0. The summed E-state index contributed by atoms with van der Waals surface area (Å²) in [6.45, 7) is 0.498. The molecule has 0 fully saturated rings. The molecule has 0 saturated carbocycles. The molecule has 0 bridgehead atoms. The van der Waals surface area contributed by atoms with Gasteiger partial charge in [0.25, 0.3) is 0 Å². The van der Waals surface area contributed by atoms with Gasteiger partial charge in [0.15, 0.2) is 0 Å². The summed E-state index contributed by atoms with van der Waals surface area (Å²) in [4.78, 5) is 0. The second kappa shape index (κ2) is 6.86. The predicted octanol–water partition coefficient (Wildman–Crippen LogP) is 3.52. The SMILES string of the molecule is OCCCOc1ccc(Oc2cc(F)cc(F)c2)cc1. The van der Waals surface area contributed by atoms with Crippen molar-refractivity contribution in [3.05, 3.63) is 54.1 Å². The van der Waals surface area contributed by atoms with Crippen LogP contribution in [0.2, 0.25) is 0 Å². The molecule has 0 spiro atoms. The molecule has 2 rings (SSSR count). The van der Waals surface area contributed by atoms with Crippen LogP contribution in [0.4, 0.5) is 8.78 Å². The van der Waals surface area contributed by atoms with Crippen LogP contribution in [0.15, 0.2) is 42.5 Å². The number of aliphatic hydroxyl groups excluding tert-OH is 1. The molecule has 1 N–H and O–H groups in total. The lowest BCUT2D eigenvalue weighted by molar-refractivity contribution is 0.233. The topological polar surface area (TPSA) is 38.7 Å². The third kappa shape index (κ3) is 4.20. The molecule has 0 aliphatic carbocycles. The van der Waals surface area contributed by atoms with Gasteiger partial charge in [-0.25, -0.2) is 8.78 Å². The van der Waals surface area contributed by atoms with Gasteiger partial charge in [-0.2, -0.15) is 0 Å². The van der Waals surface area contributed by atoms with Crippen molar-refractivity contribution >= 4 is 0 Å². The van der Waals surface area contributed by atoms with E-state index < -0.39 is 11.6 Å². The van der Waals surface area contributed by atoms with E-state index in [1.165, 1.54) is 0 Å². The minimum atomic E-state index is -0.691. The first-order chi connectivity index (χ1) is 9.67. The van der Waals surface area contributed by atoms with Gasteiger partial charge in [0.2, 0.25) is 0 Å². The highest BCUT2D eigenvalue weighted by Gasteiger charge is 2.03. The first kappa shape index (κ1) is 14.3. The van der Waals surface area contributed by atoms with Gasteiger partial charge < -0.3 is 14.6 Å². The normalized spacial score (nSPS) is 10.3. The average Bonchev–Trinajstić information content (AvgIpc) is 2.40. The minimum Gasteiger partial charge on any atom is -0.494 e. The molecule has 2 aromatic carbocycles. The molecule has 0 saturated heterocycles. The maximum absolute atomic E-state index is 13.0. The van der Waals surface area contributed by atoms with Gasteiger partial charge in [-0.1, -0.05) is 0 Å². The van der Waals surface area contributed by atoms with Gasteiger partial charge in [0, 0.05) is 31.2 Å². The number of hydrogen-bond donors (Lipinski definition) is 1. The quantitative estimate of drug-likeness (QED) is 0.823. The maximum atomic E-state index is 13.0. The van der Waals surface area contributed by atoms with Crippen LogP contribution in [-0.4, -0.2) is 18.3 Å². The Morgan fingerprint density at radius 2 is 1.45 bits per heavy atom. The van der Waals surface area contributed by atoms with Crippen LogP contribution in [0.3, 0.4) is 0 Å². The molecule has 0 aliphatic rings. The number of halogens is 2. The summed E-state index contributed by atoms with van der Waals surface area (Å²) in [6, 6.07) is 9.63. The molecule has 0 heterocycles. The van der Waals surface area contributed by atoms with Crippen molar-refractivity contribution in [3.63, 3.8) is 0 Å². The van der Waals surface area contributed by atoms with Gasteiger partial charge in [-0.05, 0) is 24.3 Å². The van der Waals surface area contributed by atoms with Crippen molar-refractivity contribution in [1.82, 2.24) is 0 Å². The van der Waals surface area contributed by atoms with Crippen LogP contribution in [0.25, 0.3) is 0 Å². The number of aliphatic hydroxyl groups is 1. The van der Waals surface area contributed by atoms with Gasteiger partial charge in [0.1, 0.15) is 28.9 Å². The lowest BCUT2D eigenvalue weighted by Crippen LogP contribution is -1.99. The van der Waals surface area contributed by atoms with Gasteiger partial charge >= 0.3 is 0 Å². The Kier molecular flexibility index (Phi) is 4.90.